The fourth-order valence-electron chi connectivity index (χ4n) is 3.05. The van der Waals surface area contributed by atoms with E-state index in [1.54, 1.807) is 17.3 Å². The molecule has 2 aliphatic rings. The molecule has 0 radical (unpaired) electrons. The zero-order valence-corrected chi connectivity index (χ0v) is 14.2. The van der Waals surface area contributed by atoms with Crippen LogP contribution in [0.15, 0.2) is 24.5 Å². The standard InChI is InChI=1S/C17H19ClN4O2/c1-11-16-20-19-10-21(16)7-8-22(11)17(23)15-13(18)3-2-4-14(15)24-9-12-5-6-12/h2-4,10-12H,5-9H2,1H3. The second-order valence-electron chi connectivity index (χ2n) is 6.42. The molecule has 1 aliphatic heterocycles. The van der Waals surface area contributed by atoms with Gasteiger partial charge in [-0.1, -0.05) is 17.7 Å². The summed E-state index contributed by atoms with van der Waals surface area (Å²) in [6.45, 7) is 3.88. The van der Waals surface area contributed by atoms with Crippen LogP contribution in [0.5, 0.6) is 5.75 Å². The molecule has 2 aromatic rings. The summed E-state index contributed by atoms with van der Waals surface area (Å²) in [5, 5.41) is 8.49. The minimum Gasteiger partial charge on any atom is -0.492 e. The topological polar surface area (TPSA) is 60.2 Å². The molecule has 1 unspecified atom stereocenters. The van der Waals surface area contributed by atoms with E-state index in [-0.39, 0.29) is 11.9 Å². The largest absolute Gasteiger partial charge is 0.492 e. The highest BCUT2D eigenvalue weighted by Crippen LogP contribution is 2.34. The molecule has 126 valence electrons. The first-order chi connectivity index (χ1) is 11.6. The number of hydrogen-bond donors (Lipinski definition) is 0. The lowest BCUT2D eigenvalue weighted by Gasteiger charge is -2.33. The lowest BCUT2D eigenvalue weighted by Crippen LogP contribution is -2.41. The van der Waals surface area contributed by atoms with Gasteiger partial charge in [-0.15, -0.1) is 10.2 Å². The number of fused-ring (bicyclic) bond motifs is 1. The van der Waals surface area contributed by atoms with Crippen molar-refractivity contribution in [1.82, 2.24) is 19.7 Å². The molecule has 1 aliphatic carbocycles. The Bertz CT molecular complexity index is 772. The summed E-state index contributed by atoms with van der Waals surface area (Å²) in [6, 6.07) is 5.22. The fraction of sp³-hybridized carbons (Fsp3) is 0.471. The quantitative estimate of drug-likeness (QED) is 0.854. The minimum atomic E-state index is -0.152. The lowest BCUT2D eigenvalue weighted by atomic mass is 10.1. The number of ether oxygens (including phenoxy) is 1. The first-order valence-electron chi connectivity index (χ1n) is 8.25. The minimum absolute atomic E-state index is 0.117. The molecule has 7 heteroatoms. The van der Waals surface area contributed by atoms with E-state index in [0.29, 0.717) is 41.9 Å². The van der Waals surface area contributed by atoms with E-state index >= 15 is 0 Å². The number of carbonyl (C=O) groups is 1. The third-order valence-electron chi connectivity index (χ3n) is 4.69. The van der Waals surface area contributed by atoms with Crippen molar-refractivity contribution in [2.75, 3.05) is 13.2 Å². The van der Waals surface area contributed by atoms with Gasteiger partial charge in [-0.3, -0.25) is 4.79 Å². The normalized spacial score (nSPS) is 19.9. The molecule has 1 aromatic carbocycles. The Morgan fingerprint density at radius 1 is 1.38 bits per heavy atom. The van der Waals surface area contributed by atoms with Gasteiger partial charge in [-0.25, -0.2) is 0 Å². The molecule has 0 spiro atoms. The summed E-state index contributed by atoms with van der Waals surface area (Å²) in [4.78, 5) is 14.9. The van der Waals surface area contributed by atoms with E-state index < -0.39 is 0 Å². The van der Waals surface area contributed by atoms with E-state index in [0.717, 1.165) is 5.82 Å². The number of rotatable bonds is 4. The molecular formula is C17H19ClN4O2. The van der Waals surface area contributed by atoms with Gasteiger partial charge in [0.25, 0.3) is 5.91 Å². The third-order valence-corrected chi connectivity index (χ3v) is 5.01. The van der Waals surface area contributed by atoms with E-state index in [1.165, 1.54) is 12.8 Å². The van der Waals surface area contributed by atoms with Crippen molar-refractivity contribution in [3.8, 4) is 5.75 Å². The van der Waals surface area contributed by atoms with Crippen LogP contribution in [-0.2, 0) is 6.54 Å². The average Bonchev–Trinajstić information content (AvgIpc) is 3.27. The van der Waals surface area contributed by atoms with Gasteiger partial charge in [0, 0.05) is 13.1 Å². The molecule has 0 saturated heterocycles. The van der Waals surface area contributed by atoms with E-state index in [4.69, 9.17) is 16.3 Å². The van der Waals surface area contributed by atoms with Gasteiger partial charge in [0.2, 0.25) is 0 Å². The SMILES string of the molecule is CC1c2nncn2CCN1C(=O)c1c(Cl)cccc1OCC1CC1. The van der Waals surface area contributed by atoms with Crippen molar-refractivity contribution in [1.29, 1.82) is 0 Å². The monoisotopic (exact) mass is 346 g/mol. The van der Waals surface area contributed by atoms with Crippen LogP contribution >= 0.6 is 11.6 Å². The van der Waals surface area contributed by atoms with Gasteiger partial charge in [-0.05, 0) is 37.8 Å². The van der Waals surface area contributed by atoms with Gasteiger partial charge >= 0.3 is 0 Å². The smallest absolute Gasteiger partial charge is 0.259 e. The number of aromatic nitrogens is 3. The molecule has 1 aromatic heterocycles. The molecule has 1 fully saturated rings. The van der Waals surface area contributed by atoms with Crippen molar-refractivity contribution in [2.45, 2.75) is 32.4 Å². The average molecular weight is 347 g/mol. The van der Waals surface area contributed by atoms with Crippen LogP contribution in [0.25, 0.3) is 0 Å². The highest BCUT2D eigenvalue weighted by molar-refractivity contribution is 6.34. The maximum Gasteiger partial charge on any atom is 0.259 e. The predicted octanol–water partition coefficient (Wildman–Crippen LogP) is 2.94. The fourth-order valence-corrected chi connectivity index (χ4v) is 3.30. The Morgan fingerprint density at radius 2 is 2.21 bits per heavy atom. The summed E-state index contributed by atoms with van der Waals surface area (Å²) in [5.74, 6) is 1.85. The molecule has 1 atom stereocenters. The van der Waals surface area contributed by atoms with Gasteiger partial charge in [0.1, 0.15) is 17.6 Å². The Kier molecular flexibility index (Phi) is 3.92. The molecule has 2 heterocycles. The van der Waals surface area contributed by atoms with Crippen LogP contribution in [0.1, 0.15) is 42.0 Å². The van der Waals surface area contributed by atoms with Crippen LogP contribution in [0, 0.1) is 5.92 Å². The van der Waals surface area contributed by atoms with Crippen LogP contribution in [0.3, 0.4) is 0 Å². The number of halogens is 1. The first-order valence-corrected chi connectivity index (χ1v) is 8.63. The zero-order chi connectivity index (χ0) is 16.7. The molecule has 6 nitrogen and oxygen atoms in total. The summed E-state index contributed by atoms with van der Waals surface area (Å²) in [7, 11) is 0. The van der Waals surface area contributed by atoms with Crippen molar-refractivity contribution in [3.05, 3.63) is 40.9 Å². The highest BCUT2D eigenvalue weighted by Gasteiger charge is 2.32. The maximum atomic E-state index is 13.1. The Balaban J connectivity index is 1.62. The first kappa shape index (κ1) is 15.4. The summed E-state index contributed by atoms with van der Waals surface area (Å²) in [6.07, 6.45) is 4.10. The van der Waals surface area contributed by atoms with Gasteiger partial charge in [0.05, 0.1) is 17.7 Å². The summed E-state index contributed by atoms with van der Waals surface area (Å²) < 4.78 is 7.86. The zero-order valence-electron chi connectivity index (χ0n) is 13.5. The Labute approximate surface area is 145 Å². The highest BCUT2D eigenvalue weighted by atomic mass is 35.5. The number of nitrogens with zero attached hydrogens (tertiary/aromatic N) is 4. The maximum absolute atomic E-state index is 13.1. The van der Waals surface area contributed by atoms with Crippen molar-refractivity contribution in [3.63, 3.8) is 0 Å². The molecule has 1 amide bonds. The van der Waals surface area contributed by atoms with Gasteiger partial charge < -0.3 is 14.2 Å². The van der Waals surface area contributed by atoms with Crippen molar-refractivity contribution < 1.29 is 9.53 Å². The Morgan fingerprint density at radius 3 is 3.00 bits per heavy atom. The predicted molar refractivity (Wildman–Crippen MR) is 89.1 cm³/mol. The van der Waals surface area contributed by atoms with Crippen molar-refractivity contribution >= 4 is 17.5 Å². The van der Waals surface area contributed by atoms with Crippen LogP contribution in [0.4, 0.5) is 0 Å². The van der Waals surface area contributed by atoms with Gasteiger partial charge in [0.15, 0.2) is 5.82 Å². The second kappa shape index (κ2) is 6.09. The lowest BCUT2D eigenvalue weighted by molar-refractivity contribution is 0.0633. The third kappa shape index (κ3) is 2.75. The van der Waals surface area contributed by atoms with E-state index in [9.17, 15) is 4.79 Å². The molecule has 0 bridgehead atoms. The molecule has 1 saturated carbocycles. The number of amides is 1. The molecular weight excluding hydrogens is 328 g/mol. The van der Waals surface area contributed by atoms with Crippen LogP contribution < -0.4 is 4.74 Å². The summed E-state index contributed by atoms with van der Waals surface area (Å²) in [5.41, 5.74) is 0.444. The number of carbonyl (C=O) groups excluding carboxylic acids is 1. The van der Waals surface area contributed by atoms with E-state index in [1.807, 2.05) is 23.6 Å². The van der Waals surface area contributed by atoms with E-state index in [2.05, 4.69) is 10.2 Å². The van der Waals surface area contributed by atoms with Crippen molar-refractivity contribution in [2.24, 2.45) is 5.92 Å². The number of hydrogen-bond acceptors (Lipinski definition) is 4. The molecule has 0 N–H and O–H groups in total. The van der Waals surface area contributed by atoms with Crippen LogP contribution in [-0.4, -0.2) is 38.7 Å². The molecule has 4 rings (SSSR count). The summed E-state index contributed by atoms with van der Waals surface area (Å²) >= 11 is 6.34. The Hall–Kier alpha value is -2.08. The van der Waals surface area contributed by atoms with Crippen LogP contribution in [0.2, 0.25) is 5.02 Å². The van der Waals surface area contributed by atoms with Gasteiger partial charge in [-0.2, -0.15) is 0 Å². The molecule has 24 heavy (non-hydrogen) atoms. The second-order valence-corrected chi connectivity index (χ2v) is 6.83. The number of benzene rings is 1.